The Balaban J connectivity index is 1.78. The van der Waals surface area contributed by atoms with Crippen LogP contribution in [-0.4, -0.2) is 36.5 Å². The number of allylic oxidation sites excluding steroid dienone is 1. The van der Waals surface area contributed by atoms with E-state index in [1.807, 2.05) is 0 Å². The van der Waals surface area contributed by atoms with Crippen molar-refractivity contribution in [3.8, 4) is 0 Å². The van der Waals surface area contributed by atoms with Gasteiger partial charge in [-0.25, -0.2) is 4.79 Å². The third kappa shape index (κ3) is 4.13. The van der Waals surface area contributed by atoms with Gasteiger partial charge in [0.2, 0.25) is 5.76 Å². The lowest BCUT2D eigenvalue weighted by molar-refractivity contribution is -0.157. The Morgan fingerprint density at radius 1 is 1.21 bits per heavy atom. The van der Waals surface area contributed by atoms with Gasteiger partial charge in [0.1, 0.15) is 18.0 Å². The van der Waals surface area contributed by atoms with Gasteiger partial charge in [-0.05, 0) is 37.8 Å². The van der Waals surface area contributed by atoms with E-state index in [0.29, 0.717) is 24.2 Å². The number of hydrogen-bond donors (Lipinski definition) is 0. The van der Waals surface area contributed by atoms with Crippen molar-refractivity contribution in [2.24, 2.45) is 11.8 Å². The molecule has 0 saturated heterocycles. The van der Waals surface area contributed by atoms with Crippen LogP contribution >= 0.6 is 0 Å². The summed E-state index contributed by atoms with van der Waals surface area (Å²) in [5.41, 5.74) is 0.318. The van der Waals surface area contributed by atoms with Crippen LogP contribution < -0.4 is 0 Å². The minimum Gasteiger partial charge on any atom is -0.496 e. The summed E-state index contributed by atoms with van der Waals surface area (Å²) >= 11 is 0. The van der Waals surface area contributed by atoms with Gasteiger partial charge in [0.05, 0.1) is 24.4 Å². The Hall–Kier alpha value is -2.57. The Kier molecular flexibility index (Phi) is 6.21. The molecule has 4 atom stereocenters. The molecule has 152 valence electrons. The van der Waals surface area contributed by atoms with Gasteiger partial charge in [-0.15, -0.1) is 0 Å². The number of fused-ring (bicyclic) bond motifs is 1. The molecule has 2 heterocycles. The zero-order chi connectivity index (χ0) is 20.3. The SMILES string of the molecule is CCCC1CC2C(=O)C(c3ccc(C(=O)OCC)o3)=COC2CC1OC(C)=O. The van der Waals surface area contributed by atoms with E-state index < -0.39 is 5.97 Å². The number of carbonyl (C=O) groups is 3. The molecule has 0 spiro atoms. The highest BCUT2D eigenvalue weighted by molar-refractivity contribution is 6.21. The molecule has 7 heteroatoms. The van der Waals surface area contributed by atoms with Gasteiger partial charge in [0.25, 0.3) is 0 Å². The second-order valence-electron chi connectivity index (χ2n) is 7.23. The van der Waals surface area contributed by atoms with Crippen LogP contribution in [0.1, 0.15) is 62.8 Å². The molecule has 3 rings (SSSR count). The van der Waals surface area contributed by atoms with Crippen LogP contribution in [0.3, 0.4) is 0 Å². The highest BCUT2D eigenvalue weighted by atomic mass is 16.6. The molecule has 0 aromatic carbocycles. The Morgan fingerprint density at radius 2 is 2.00 bits per heavy atom. The first-order valence-corrected chi connectivity index (χ1v) is 9.78. The molecule has 28 heavy (non-hydrogen) atoms. The van der Waals surface area contributed by atoms with E-state index in [4.69, 9.17) is 18.6 Å². The first-order valence-electron chi connectivity index (χ1n) is 9.78. The zero-order valence-electron chi connectivity index (χ0n) is 16.4. The van der Waals surface area contributed by atoms with Crippen molar-refractivity contribution < 1.29 is 33.0 Å². The van der Waals surface area contributed by atoms with Crippen LogP contribution in [0.5, 0.6) is 0 Å². The summed E-state index contributed by atoms with van der Waals surface area (Å²) in [5.74, 6) is -0.807. The molecule has 4 unspecified atom stereocenters. The Morgan fingerprint density at radius 3 is 2.68 bits per heavy atom. The van der Waals surface area contributed by atoms with Crippen LogP contribution in [-0.2, 0) is 23.8 Å². The minimum atomic E-state index is -0.568. The van der Waals surface area contributed by atoms with Crippen molar-refractivity contribution in [3.05, 3.63) is 29.9 Å². The highest BCUT2D eigenvalue weighted by Gasteiger charge is 2.45. The molecule has 0 radical (unpaired) electrons. The van der Waals surface area contributed by atoms with Crippen molar-refractivity contribution in [2.75, 3.05) is 6.61 Å². The molecule has 2 aliphatic rings. The van der Waals surface area contributed by atoms with E-state index in [2.05, 4.69) is 6.92 Å². The number of esters is 2. The molecule has 7 nitrogen and oxygen atoms in total. The van der Waals surface area contributed by atoms with Gasteiger partial charge in [0, 0.05) is 13.3 Å². The molecule has 0 N–H and O–H groups in total. The number of furan rings is 1. The van der Waals surface area contributed by atoms with Crippen LogP contribution in [0.4, 0.5) is 0 Å². The number of ketones is 1. The maximum Gasteiger partial charge on any atom is 0.374 e. The van der Waals surface area contributed by atoms with E-state index in [1.54, 1.807) is 13.0 Å². The van der Waals surface area contributed by atoms with Crippen LogP contribution in [0.25, 0.3) is 5.57 Å². The Bertz CT molecular complexity index is 775. The molecule has 1 aliphatic heterocycles. The lowest BCUT2D eigenvalue weighted by atomic mass is 9.72. The summed E-state index contributed by atoms with van der Waals surface area (Å²) in [5, 5.41) is 0. The maximum absolute atomic E-state index is 13.1. The average Bonchev–Trinajstić information content (AvgIpc) is 3.13. The summed E-state index contributed by atoms with van der Waals surface area (Å²) in [6.45, 7) is 5.42. The summed E-state index contributed by atoms with van der Waals surface area (Å²) in [7, 11) is 0. The molecule has 1 aliphatic carbocycles. The molecule has 1 fully saturated rings. The summed E-state index contributed by atoms with van der Waals surface area (Å²) < 4.78 is 21.7. The fourth-order valence-corrected chi connectivity index (χ4v) is 4.06. The molecule has 1 aromatic rings. The number of hydrogen-bond acceptors (Lipinski definition) is 7. The third-order valence-electron chi connectivity index (χ3n) is 5.28. The summed E-state index contributed by atoms with van der Waals surface area (Å²) in [4.78, 5) is 36.3. The third-order valence-corrected chi connectivity index (χ3v) is 5.28. The lowest BCUT2D eigenvalue weighted by Crippen LogP contribution is -2.46. The van der Waals surface area contributed by atoms with Gasteiger partial charge in [-0.1, -0.05) is 13.3 Å². The van der Waals surface area contributed by atoms with Crippen LogP contribution in [0, 0.1) is 11.8 Å². The van der Waals surface area contributed by atoms with Crippen LogP contribution in [0.2, 0.25) is 0 Å². The molecular weight excluding hydrogens is 364 g/mol. The lowest BCUT2D eigenvalue weighted by Gasteiger charge is -2.41. The topological polar surface area (TPSA) is 92.0 Å². The largest absolute Gasteiger partial charge is 0.496 e. The monoisotopic (exact) mass is 390 g/mol. The maximum atomic E-state index is 13.1. The standard InChI is InChI=1S/C21H26O7/c1-4-6-13-9-14-19(10-18(13)27-12(3)22)26-11-15(20(14)23)16-7-8-17(28-16)21(24)25-5-2/h7-8,11,13-14,18-19H,4-6,9-10H2,1-3H3. The van der Waals surface area contributed by atoms with Crippen LogP contribution in [0.15, 0.2) is 22.8 Å². The number of Topliss-reactive ketones (excluding diaryl/α,β-unsaturated/α-hetero) is 1. The first-order chi connectivity index (χ1) is 13.4. The minimum absolute atomic E-state index is 0.0510. The fraction of sp³-hybridized carbons (Fsp3) is 0.571. The number of rotatable bonds is 6. The molecule has 1 saturated carbocycles. The van der Waals surface area contributed by atoms with E-state index in [-0.39, 0.29) is 48.2 Å². The summed E-state index contributed by atoms with van der Waals surface area (Å²) in [6.07, 6.45) is 3.74. The highest BCUT2D eigenvalue weighted by Crippen LogP contribution is 2.41. The van der Waals surface area contributed by atoms with Gasteiger partial charge >= 0.3 is 11.9 Å². The van der Waals surface area contributed by atoms with Crippen molar-refractivity contribution >= 4 is 23.3 Å². The van der Waals surface area contributed by atoms with Gasteiger partial charge in [-0.2, -0.15) is 0 Å². The second kappa shape index (κ2) is 8.63. The van der Waals surface area contributed by atoms with Crippen molar-refractivity contribution in [1.82, 2.24) is 0 Å². The van der Waals surface area contributed by atoms with Crippen molar-refractivity contribution in [2.45, 2.75) is 58.7 Å². The summed E-state index contributed by atoms with van der Waals surface area (Å²) in [6, 6.07) is 3.07. The van der Waals surface area contributed by atoms with Crippen molar-refractivity contribution in [1.29, 1.82) is 0 Å². The van der Waals surface area contributed by atoms with E-state index in [1.165, 1.54) is 19.3 Å². The molecule has 1 aromatic heterocycles. The molecule has 0 bridgehead atoms. The van der Waals surface area contributed by atoms with Gasteiger partial charge < -0.3 is 18.6 Å². The quantitative estimate of drug-likeness (QED) is 0.686. The van der Waals surface area contributed by atoms with E-state index in [9.17, 15) is 14.4 Å². The molecular formula is C21H26O7. The Labute approximate surface area is 164 Å². The average molecular weight is 390 g/mol. The predicted molar refractivity (Wildman–Crippen MR) is 99.2 cm³/mol. The first kappa shape index (κ1) is 20.2. The van der Waals surface area contributed by atoms with Gasteiger partial charge in [-0.3, -0.25) is 9.59 Å². The smallest absolute Gasteiger partial charge is 0.374 e. The fourth-order valence-electron chi connectivity index (χ4n) is 4.06. The number of ether oxygens (including phenoxy) is 3. The van der Waals surface area contributed by atoms with E-state index >= 15 is 0 Å². The second-order valence-corrected chi connectivity index (χ2v) is 7.23. The number of carbonyl (C=O) groups excluding carboxylic acids is 3. The zero-order valence-corrected chi connectivity index (χ0v) is 16.4. The predicted octanol–water partition coefficient (Wildman–Crippen LogP) is 3.52. The van der Waals surface area contributed by atoms with Crippen molar-refractivity contribution in [3.63, 3.8) is 0 Å². The molecule has 0 amide bonds. The van der Waals surface area contributed by atoms with E-state index in [0.717, 1.165) is 12.8 Å². The normalized spacial score (nSPS) is 26.7. The van der Waals surface area contributed by atoms with Gasteiger partial charge in [0.15, 0.2) is 5.78 Å².